The van der Waals surface area contributed by atoms with Crippen molar-refractivity contribution < 1.29 is 8.85 Å². The van der Waals surface area contributed by atoms with Gasteiger partial charge in [-0.15, -0.1) is 6.58 Å². The zero-order valence-electron chi connectivity index (χ0n) is 6.09. The van der Waals surface area contributed by atoms with E-state index in [1.54, 1.807) is 5.70 Å². The van der Waals surface area contributed by atoms with Crippen molar-refractivity contribution >= 4 is 9.28 Å². The van der Waals surface area contributed by atoms with Crippen LogP contribution in [0.25, 0.3) is 0 Å². The van der Waals surface area contributed by atoms with E-state index >= 15 is 0 Å². The Morgan fingerprint density at radius 3 is 2.00 bits per heavy atom. The maximum Gasteiger partial charge on any atom is 0.347 e. The Hall–Kier alpha value is -0.123. The molecule has 0 aromatic carbocycles. The molecule has 0 fully saturated rings. The molecule has 0 spiro atoms. The second kappa shape index (κ2) is 6.00. The number of hydrogen-bond donors (Lipinski definition) is 0. The van der Waals surface area contributed by atoms with Crippen LogP contribution in [0.4, 0.5) is 0 Å². The summed E-state index contributed by atoms with van der Waals surface area (Å²) in [6, 6.07) is 0. The van der Waals surface area contributed by atoms with E-state index in [0.717, 1.165) is 13.2 Å². The van der Waals surface area contributed by atoms with Gasteiger partial charge in [-0.2, -0.15) is 0 Å². The van der Waals surface area contributed by atoms with Gasteiger partial charge >= 0.3 is 9.28 Å². The van der Waals surface area contributed by atoms with Crippen LogP contribution < -0.4 is 0 Å². The van der Waals surface area contributed by atoms with Gasteiger partial charge in [0.15, 0.2) is 0 Å². The van der Waals surface area contributed by atoms with Gasteiger partial charge in [-0.25, -0.2) is 0 Å². The Labute approximate surface area is 58.3 Å². The van der Waals surface area contributed by atoms with Crippen molar-refractivity contribution in [1.82, 2.24) is 0 Å². The van der Waals surface area contributed by atoms with Gasteiger partial charge in [-0.3, -0.25) is 0 Å². The van der Waals surface area contributed by atoms with Crippen LogP contribution in [-0.2, 0) is 8.85 Å². The van der Waals surface area contributed by atoms with E-state index < -0.39 is 9.28 Å². The van der Waals surface area contributed by atoms with Gasteiger partial charge in [0, 0.05) is 13.2 Å². The molecule has 0 saturated heterocycles. The molecule has 0 aliphatic rings. The smallest absolute Gasteiger partial charge is 0.347 e. The molecule has 0 aromatic rings. The monoisotopic (exact) mass is 146 g/mol. The molecule has 0 amide bonds. The summed E-state index contributed by atoms with van der Waals surface area (Å²) < 4.78 is 10.5. The summed E-state index contributed by atoms with van der Waals surface area (Å²) >= 11 is 0. The summed E-state index contributed by atoms with van der Waals surface area (Å²) in [7, 11) is -1.45. The quantitative estimate of drug-likeness (QED) is 0.539. The lowest BCUT2D eigenvalue weighted by Gasteiger charge is -2.08. The normalized spacial score (nSPS) is 10.1. The second-order valence-corrected chi connectivity index (χ2v) is 3.39. The lowest BCUT2D eigenvalue weighted by atomic mass is 10.9. The first-order chi connectivity index (χ1) is 4.35. The molecule has 3 heteroatoms. The van der Waals surface area contributed by atoms with Crippen LogP contribution in [0, 0.1) is 0 Å². The molecular weight excluding hydrogens is 132 g/mol. The zero-order valence-corrected chi connectivity index (χ0v) is 7.25. The third-order valence-corrected chi connectivity index (χ3v) is 2.56. The Bertz CT molecular complexity index is 69.5. The van der Waals surface area contributed by atoms with Crippen LogP contribution >= 0.6 is 0 Å². The first-order valence-electron chi connectivity index (χ1n) is 3.20. The highest BCUT2D eigenvalue weighted by Gasteiger charge is 2.03. The highest BCUT2D eigenvalue weighted by atomic mass is 28.3. The molecule has 0 heterocycles. The van der Waals surface area contributed by atoms with Gasteiger partial charge in [0.2, 0.25) is 0 Å². The molecule has 2 nitrogen and oxygen atoms in total. The molecular formula is C6H14O2Si. The van der Waals surface area contributed by atoms with Crippen molar-refractivity contribution in [2.45, 2.75) is 13.8 Å². The molecule has 0 N–H and O–H groups in total. The van der Waals surface area contributed by atoms with Crippen LogP contribution in [0.1, 0.15) is 13.8 Å². The molecule has 54 valence electrons. The average molecular weight is 146 g/mol. The largest absolute Gasteiger partial charge is 0.394 e. The SMILES string of the molecule is C=C[SiH](OCC)OCC. The molecule has 0 unspecified atom stereocenters. The molecule has 0 atom stereocenters. The third-order valence-electron chi connectivity index (χ3n) is 0.854. The van der Waals surface area contributed by atoms with Crippen LogP contribution in [0.2, 0.25) is 0 Å². The van der Waals surface area contributed by atoms with Gasteiger partial charge in [-0.05, 0) is 13.8 Å². The Kier molecular flexibility index (Phi) is 5.92. The van der Waals surface area contributed by atoms with E-state index in [9.17, 15) is 0 Å². The van der Waals surface area contributed by atoms with E-state index in [2.05, 4.69) is 6.58 Å². The lowest BCUT2D eigenvalue weighted by molar-refractivity contribution is 0.224. The van der Waals surface area contributed by atoms with Gasteiger partial charge in [-0.1, -0.05) is 5.70 Å². The fourth-order valence-electron chi connectivity index (χ4n) is 0.513. The van der Waals surface area contributed by atoms with E-state index in [-0.39, 0.29) is 0 Å². The van der Waals surface area contributed by atoms with Crippen molar-refractivity contribution in [2.24, 2.45) is 0 Å². The highest BCUT2D eigenvalue weighted by molar-refractivity contribution is 6.50. The minimum Gasteiger partial charge on any atom is -0.394 e. The summed E-state index contributed by atoms with van der Waals surface area (Å²) in [4.78, 5) is 0. The summed E-state index contributed by atoms with van der Waals surface area (Å²) in [5, 5.41) is 0. The lowest BCUT2D eigenvalue weighted by Crippen LogP contribution is -2.19. The van der Waals surface area contributed by atoms with E-state index in [1.165, 1.54) is 0 Å². The van der Waals surface area contributed by atoms with Crippen molar-refractivity contribution in [2.75, 3.05) is 13.2 Å². The summed E-state index contributed by atoms with van der Waals surface area (Å²) in [5.41, 5.74) is 1.78. The van der Waals surface area contributed by atoms with Gasteiger partial charge in [0.1, 0.15) is 0 Å². The van der Waals surface area contributed by atoms with Gasteiger partial charge in [0.05, 0.1) is 0 Å². The Balaban J connectivity index is 3.29. The van der Waals surface area contributed by atoms with E-state index in [0.29, 0.717) is 0 Å². The number of hydrogen-bond acceptors (Lipinski definition) is 2. The topological polar surface area (TPSA) is 18.5 Å². The molecule has 0 rings (SSSR count). The Morgan fingerprint density at radius 1 is 1.33 bits per heavy atom. The zero-order chi connectivity index (χ0) is 7.11. The fourth-order valence-corrected chi connectivity index (χ4v) is 1.54. The van der Waals surface area contributed by atoms with Crippen molar-refractivity contribution in [3.8, 4) is 0 Å². The van der Waals surface area contributed by atoms with Gasteiger partial charge < -0.3 is 8.85 Å². The molecule has 0 aromatic heterocycles. The first-order valence-corrected chi connectivity index (χ1v) is 4.81. The predicted molar refractivity (Wildman–Crippen MR) is 40.6 cm³/mol. The summed E-state index contributed by atoms with van der Waals surface area (Å²) in [5.74, 6) is 0. The van der Waals surface area contributed by atoms with E-state index in [4.69, 9.17) is 8.85 Å². The first kappa shape index (κ1) is 8.88. The molecule has 0 saturated carbocycles. The van der Waals surface area contributed by atoms with Crippen molar-refractivity contribution in [1.29, 1.82) is 0 Å². The molecule has 0 aliphatic heterocycles. The number of rotatable bonds is 5. The highest BCUT2D eigenvalue weighted by Crippen LogP contribution is 1.88. The van der Waals surface area contributed by atoms with Crippen molar-refractivity contribution in [3.05, 3.63) is 12.3 Å². The third kappa shape index (κ3) is 4.38. The van der Waals surface area contributed by atoms with Crippen LogP contribution in [0.5, 0.6) is 0 Å². The standard InChI is InChI=1S/C6H14O2Si/c1-4-7-9(6-3)8-5-2/h6,9H,3-5H2,1-2H3. The Morgan fingerprint density at radius 2 is 1.78 bits per heavy atom. The molecule has 0 aliphatic carbocycles. The molecule has 0 bridgehead atoms. The summed E-state index contributed by atoms with van der Waals surface area (Å²) in [6.45, 7) is 8.98. The minimum absolute atomic E-state index is 0.725. The summed E-state index contributed by atoms with van der Waals surface area (Å²) in [6.07, 6.45) is 0. The van der Waals surface area contributed by atoms with E-state index in [1.807, 2.05) is 13.8 Å². The predicted octanol–water partition coefficient (Wildman–Crippen LogP) is 1.01. The second-order valence-electron chi connectivity index (χ2n) is 1.51. The minimum atomic E-state index is -1.45. The molecule has 0 radical (unpaired) electrons. The van der Waals surface area contributed by atoms with Crippen LogP contribution in [0.3, 0.4) is 0 Å². The van der Waals surface area contributed by atoms with Crippen LogP contribution in [0.15, 0.2) is 12.3 Å². The van der Waals surface area contributed by atoms with Crippen molar-refractivity contribution in [3.63, 3.8) is 0 Å². The fraction of sp³-hybridized carbons (Fsp3) is 0.667. The van der Waals surface area contributed by atoms with Gasteiger partial charge in [0.25, 0.3) is 0 Å². The molecule has 9 heavy (non-hydrogen) atoms. The average Bonchev–Trinajstić information content (AvgIpc) is 1.88. The maximum absolute atomic E-state index is 5.23. The maximum atomic E-state index is 5.23. The van der Waals surface area contributed by atoms with Crippen LogP contribution in [-0.4, -0.2) is 22.5 Å².